The lowest BCUT2D eigenvalue weighted by Gasteiger charge is -2.22. The fourth-order valence-corrected chi connectivity index (χ4v) is 2.40. The van der Waals surface area contributed by atoms with E-state index in [4.69, 9.17) is 4.52 Å². The summed E-state index contributed by atoms with van der Waals surface area (Å²) in [5, 5.41) is 16.0. The van der Waals surface area contributed by atoms with E-state index in [0.29, 0.717) is 24.2 Å². The number of aliphatic hydroxyl groups is 1. The zero-order valence-corrected chi connectivity index (χ0v) is 10.7. The van der Waals surface area contributed by atoms with Gasteiger partial charge in [0, 0.05) is 24.2 Å². The number of nitrogens with zero attached hydrogens (tertiary/aromatic N) is 3. The molecule has 2 heterocycles. The van der Waals surface area contributed by atoms with Crippen LogP contribution in [-0.2, 0) is 19.4 Å². The minimum absolute atomic E-state index is 0.00494. The predicted molar refractivity (Wildman–Crippen MR) is 67.7 cm³/mol. The first-order valence-electron chi connectivity index (χ1n) is 6.42. The summed E-state index contributed by atoms with van der Waals surface area (Å²) in [5.74, 6) is 0.587. The molecule has 2 aromatic heterocycles. The third-order valence-corrected chi connectivity index (χ3v) is 3.42. The summed E-state index contributed by atoms with van der Waals surface area (Å²) >= 11 is 0. The first-order valence-corrected chi connectivity index (χ1v) is 6.42. The summed E-state index contributed by atoms with van der Waals surface area (Å²) in [6.45, 7) is -0.147. The predicted octanol–water partition coefficient (Wildman–Crippen LogP) is 0.244. The monoisotopic (exact) mass is 274 g/mol. The molecule has 0 aliphatic heterocycles. The molecule has 0 fully saturated rings. The standard InChI is InChI=1S/C13H14N4O3/c18-6-11-9-5-8(1-2-12(9)20-17-11)16-13(19)10-3-4-14-7-15-10/h3-4,7-8,18H,1-2,5-6H2,(H,16,19). The highest BCUT2D eigenvalue weighted by atomic mass is 16.5. The van der Waals surface area contributed by atoms with Crippen LogP contribution in [0, 0.1) is 0 Å². The lowest BCUT2D eigenvalue weighted by Crippen LogP contribution is -2.39. The molecule has 20 heavy (non-hydrogen) atoms. The molecule has 0 saturated carbocycles. The molecule has 2 N–H and O–H groups in total. The van der Waals surface area contributed by atoms with Gasteiger partial charge in [0.05, 0.1) is 6.61 Å². The number of aromatic nitrogens is 3. The largest absolute Gasteiger partial charge is 0.390 e. The van der Waals surface area contributed by atoms with E-state index in [1.165, 1.54) is 12.5 Å². The highest BCUT2D eigenvalue weighted by Gasteiger charge is 2.26. The Bertz CT molecular complexity index is 598. The van der Waals surface area contributed by atoms with E-state index < -0.39 is 0 Å². The van der Waals surface area contributed by atoms with Gasteiger partial charge in [0.25, 0.3) is 5.91 Å². The van der Waals surface area contributed by atoms with E-state index in [1.807, 2.05) is 0 Å². The molecule has 7 heteroatoms. The van der Waals surface area contributed by atoms with Crippen LogP contribution in [0.5, 0.6) is 0 Å². The number of carbonyl (C=O) groups excluding carboxylic acids is 1. The van der Waals surface area contributed by atoms with Crippen molar-refractivity contribution in [2.24, 2.45) is 0 Å². The second kappa shape index (κ2) is 5.38. The van der Waals surface area contributed by atoms with Gasteiger partial charge in [-0.2, -0.15) is 0 Å². The number of fused-ring (bicyclic) bond motifs is 1. The number of carbonyl (C=O) groups is 1. The van der Waals surface area contributed by atoms with Crippen molar-refractivity contribution in [2.45, 2.75) is 31.9 Å². The van der Waals surface area contributed by atoms with Gasteiger partial charge in [-0.1, -0.05) is 5.16 Å². The molecule has 0 spiro atoms. The van der Waals surface area contributed by atoms with Gasteiger partial charge < -0.3 is 14.9 Å². The molecular formula is C13H14N4O3. The van der Waals surface area contributed by atoms with Crippen LogP contribution in [0.15, 0.2) is 23.1 Å². The Kier molecular flexibility index (Phi) is 3.42. The lowest BCUT2D eigenvalue weighted by atomic mass is 9.92. The molecule has 0 bridgehead atoms. The minimum atomic E-state index is -0.220. The summed E-state index contributed by atoms with van der Waals surface area (Å²) in [5.41, 5.74) is 1.81. The Labute approximate surface area is 115 Å². The maximum Gasteiger partial charge on any atom is 0.270 e. The Morgan fingerprint density at radius 3 is 3.20 bits per heavy atom. The van der Waals surface area contributed by atoms with Crippen LogP contribution in [0.4, 0.5) is 0 Å². The molecule has 1 atom stereocenters. The molecule has 7 nitrogen and oxygen atoms in total. The smallest absolute Gasteiger partial charge is 0.270 e. The van der Waals surface area contributed by atoms with Crippen molar-refractivity contribution in [1.82, 2.24) is 20.4 Å². The van der Waals surface area contributed by atoms with Gasteiger partial charge in [0.15, 0.2) is 0 Å². The van der Waals surface area contributed by atoms with E-state index in [9.17, 15) is 9.90 Å². The topological polar surface area (TPSA) is 101 Å². The van der Waals surface area contributed by atoms with Gasteiger partial charge in [-0.25, -0.2) is 9.97 Å². The van der Waals surface area contributed by atoms with Crippen LogP contribution in [0.3, 0.4) is 0 Å². The number of rotatable bonds is 3. The second-order valence-corrected chi connectivity index (χ2v) is 4.70. The van der Waals surface area contributed by atoms with Gasteiger partial charge in [-0.3, -0.25) is 4.79 Å². The Balaban J connectivity index is 1.70. The first-order chi connectivity index (χ1) is 9.78. The molecular weight excluding hydrogens is 260 g/mol. The minimum Gasteiger partial charge on any atom is -0.390 e. The first kappa shape index (κ1) is 12.7. The third-order valence-electron chi connectivity index (χ3n) is 3.42. The van der Waals surface area contributed by atoms with Crippen molar-refractivity contribution in [3.05, 3.63) is 41.3 Å². The van der Waals surface area contributed by atoms with Gasteiger partial charge in [0.1, 0.15) is 23.5 Å². The van der Waals surface area contributed by atoms with E-state index in [0.717, 1.165) is 17.7 Å². The number of hydrogen-bond acceptors (Lipinski definition) is 6. The van der Waals surface area contributed by atoms with Crippen LogP contribution in [0.25, 0.3) is 0 Å². The van der Waals surface area contributed by atoms with Crippen molar-refractivity contribution in [3.8, 4) is 0 Å². The lowest BCUT2D eigenvalue weighted by molar-refractivity contribution is 0.0927. The molecule has 0 aromatic carbocycles. The zero-order valence-electron chi connectivity index (χ0n) is 10.7. The summed E-state index contributed by atoms with van der Waals surface area (Å²) in [6, 6.07) is 1.57. The van der Waals surface area contributed by atoms with Crippen molar-refractivity contribution in [2.75, 3.05) is 0 Å². The van der Waals surface area contributed by atoms with Gasteiger partial charge >= 0.3 is 0 Å². The average molecular weight is 274 g/mol. The van der Waals surface area contributed by atoms with E-state index >= 15 is 0 Å². The highest BCUT2D eigenvalue weighted by molar-refractivity contribution is 5.92. The number of nitrogens with one attached hydrogen (secondary N) is 1. The quantitative estimate of drug-likeness (QED) is 0.831. The summed E-state index contributed by atoms with van der Waals surface area (Å²) in [6.07, 6.45) is 4.98. The molecule has 1 aliphatic rings. The molecule has 2 aromatic rings. The Hall–Kier alpha value is -2.28. The molecule has 1 amide bonds. The molecule has 1 aliphatic carbocycles. The average Bonchev–Trinajstić information content (AvgIpc) is 2.90. The summed E-state index contributed by atoms with van der Waals surface area (Å²) < 4.78 is 5.17. The molecule has 1 unspecified atom stereocenters. The number of hydrogen-bond donors (Lipinski definition) is 2. The van der Waals surface area contributed by atoms with Crippen LogP contribution in [0.2, 0.25) is 0 Å². The number of aryl methyl sites for hydroxylation is 1. The summed E-state index contributed by atoms with van der Waals surface area (Å²) in [7, 11) is 0. The van der Waals surface area contributed by atoms with Crippen molar-refractivity contribution >= 4 is 5.91 Å². The van der Waals surface area contributed by atoms with Gasteiger partial charge in [-0.15, -0.1) is 0 Å². The van der Waals surface area contributed by atoms with Crippen LogP contribution in [-0.4, -0.2) is 32.2 Å². The molecule has 0 saturated heterocycles. The van der Waals surface area contributed by atoms with Crippen molar-refractivity contribution < 1.29 is 14.4 Å². The fourth-order valence-electron chi connectivity index (χ4n) is 2.40. The number of amides is 1. The van der Waals surface area contributed by atoms with Crippen LogP contribution in [0.1, 0.15) is 33.9 Å². The fraction of sp³-hybridized carbons (Fsp3) is 0.385. The Morgan fingerprint density at radius 1 is 1.55 bits per heavy atom. The maximum atomic E-state index is 12.0. The second-order valence-electron chi connectivity index (χ2n) is 4.70. The van der Waals surface area contributed by atoms with E-state index in [1.54, 1.807) is 6.07 Å². The van der Waals surface area contributed by atoms with Crippen molar-refractivity contribution in [1.29, 1.82) is 0 Å². The van der Waals surface area contributed by atoms with Gasteiger partial charge in [0.2, 0.25) is 0 Å². The van der Waals surface area contributed by atoms with E-state index in [-0.39, 0.29) is 18.6 Å². The van der Waals surface area contributed by atoms with Crippen LogP contribution >= 0.6 is 0 Å². The van der Waals surface area contributed by atoms with Crippen molar-refractivity contribution in [3.63, 3.8) is 0 Å². The van der Waals surface area contributed by atoms with Crippen LogP contribution < -0.4 is 5.32 Å². The SMILES string of the molecule is O=C(NC1CCc2onc(CO)c2C1)c1ccncn1. The zero-order chi connectivity index (χ0) is 13.9. The normalized spacial score (nSPS) is 17.6. The molecule has 0 radical (unpaired) electrons. The maximum absolute atomic E-state index is 12.0. The molecule has 104 valence electrons. The van der Waals surface area contributed by atoms with Gasteiger partial charge in [-0.05, 0) is 18.9 Å². The Morgan fingerprint density at radius 2 is 2.45 bits per heavy atom. The number of aliphatic hydroxyl groups excluding tert-OH is 1. The summed E-state index contributed by atoms with van der Waals surface area (Å²) in [4.78, 5) is 19.7. The highest BCUT2D eigenvalue weighted by Crippen LogP contribution is 2.24. The third kappa shape index (κ3) is 2.39. The van der Waals surface area contributed by atoms with E-state index in [2.05, 4.69) is 20.4 Å². The molecule has 3 rings (SSSR count).